The molecule has 1 aromatic heterocycles. The maximum Gasteiger partial charge on any atom is 0.211 e. The molecule has 65 valence electrons. The first-order chi connectivity index (χ1) is 6.34. The van der Waals surface area contributed by atoms with E-state index in [1.165, 1.54) is 17.1 Å². The maximum atomic E-state index is 5.76. The first-order valence-corrected chi connectivity index (χ1v) is 4.93. The molecule has 0 saturated carbocycles. The van der Waals surface area contributed by atoms with E-state index >= 15 is 0 Å². The maximum absolute atomic E-state index is 5.76. The van der Waals surface area contributed by atoms with Crippen LogP contribution in [0.1, 0.15) is 10.6 Å². The van der Waals surface area contributed by atoms with Gasteiger partial charge in [0.1, 0.15) is 5.01 Å². The Labute approximate surface area is 85.4 Å². The fourth-order valence-corrected chi connectivity index (χ4v) is 1.64. The smallest absolute Gasteiger partial charge is 0.211 e. The molecule has 0 aliphatic carbocycles. The molecule has 0 aliphatic rings. The van der Waals surface area contributed by atoms with Gasteiger partial charge in [0.2, 0.25) is 6.33 Å². The van der Waals surface area contributed by atoms with Gasteiger partial charge in [-0.05, 0) is 29.2 Å². The summed E-state index contributed by atoms with van der Waals surface area (Å²) in [5, 5.41) is 1.73. The Balaban J connectivity index is 2.15. The molecule has 2 aromatic rings. The Morgan fingerprint density at radius 3 is 2.69 bits per heavy atom. The molecule has 0 atom stereocenters. The molecule has 13 heavy (non-hydrogen) atoms. The highest BCUT2D eigenvalue weighted by Gasteiger charge is 1.99. The van der Waals surface area contributed by atoms with Gasteiger partial charge in [-0.3, -0.25) is 0 Å². The average Bonchev–Trinajstić information content (AvgIpc) is 2.62. The zero-order valence-electron chi connectivity index (χ0n) is 6.70. The van der Waals surface area contributed by atoms with E-state index in [9.17, 15) is 0 Å². The number of nitrogens with zero attached hydrogens (tertiary/aromatic N) is 2. The Morgan fingerprint density at radius 2 is 2.08 bits per heavy atom. The van der Waals surface area contributed by atoms with E-state index < -0.39 is 0 Å². The summed E-state index contributed by atoms with van der Waals surface area (Å²) in [6, 6.07) is 7.73. The molecular formula is C9H6ClN2S. The lowest BCUT2D eigenvalue weighted by Crippen LogP contribution is -1.85. The van der Waals surface area contributed by atoms with Crippen LogP contribution >= 0.6 is 23.1 Å². The van der Waals surface area contributed by atoms with Crippen molar-refractivity contribution in [3.63, 3.8) is 0 Å². The van der Waals surface area contributed by atoms with Crippen LogP contribution in [-0.4, -0.2) is 9.36 Å². The number of hydrogen-bond acceptors (Lipinski definition) is 3. The third-order valence-corrected chi connectivity index (χ3v) is 2.51. The predicted molar refractivity (Wildman–Crippen MR) is 53.0 cm³/mol. The Hall–Kier alpha value is -0.930. The van der Waals surface area contributed by atoms with Crippen LogP contribution in [0.15, 0.2) is 24.3 Å². The van der Waals surface area contributed by atoms with Crippen LogP contribution in [-0.2, 0) is 6.42 Å². The van der Waals surface area contributed by atoms with Gasteiger partial charge in [-0.2, -0.15) is 4.37 Å². The molecule has 2 nitrogen and oxygen atoms in total. The van der Waals surface area contributed by atoms with E-state index in [0.717, 1.165) is 16.5 Å². The minimum atomic E-state index is 0.757. The minimum Gasteiger partial charge on any atom is -0.217 e. The van der Waals surface area contributed by atoms with Gasteiger partial charge in [0.25, 0.3) is 0 Å². The molecular weight excluding hydrogens is 204 g/mol. The third-order valence-electron chi connectivity index (χ3n) is 1.64. The van der Waals surface area contributed by atoms with Crippen molar-refractivity contribution in [3.05, 3.63) is 46.2 Å². The van der Waals surface area contributed by atoms with Crippen molar-refractivity contribution >= 4 is 23.1 Å². The summed E-state index contributed by atoms with van der Waals surface area (Å²) in [5.74, 6) is 0. The standard InChI is InChI=1S/C9H6ClN2S/c10-8-3-1-7(2-4-8)5-9-11-6-12-13-9/h1-4H,5H2. The number of hydrogen-bond donors (Lipinski definition) is 0. The molecule has 4 heteroatoms. The van der Waals surface area contributed by atoms with E-state index in [0.29, 0.717) is 0 Å². The molecule has 2 rings (SSSR count). The summed E-state index contributed by atoms with van der Waals surface area (Å²) in [6.07, 6.45) is 3.36. The second kappa shape index (κ2) is 3.85. The van der Waals surface area contributed by atoms with Crippen molar-refractivity contribution in [2.24, 2.45) is 0 Å². The molecule has 0 N–H and O–H groups in total. The third kappa shape index (κ3) is 2.26. The van der Waals surface area contributed by atoms with E-state index in [-0.39, 0.29) is 0 Å². The number of halogens is 1. The molecule has 0 unspecified atom stereocenters. The summed E-state index contributed by atoms with van der Waals surface area (Å²) in [5.41, 5.74) is 1.19. The van der Waals surface area contributed by atoms with Crippen LogP contribution < -0.4 is 0 Å². The van der Waals surface area contributed by atoms with Crippen LogP contribution in [0.5, 0.6) is 0 Å². The van der Waals surface area contributed by atoms with Crippen molar-refractivity contribution in [1.29, 1.82) is 0 Å². The summed E-state index contributed by atoms with van der Waals surface area (Å²) >= 11 is 7.13. The van der Waals surface area contributed by atoms with Gasteiger partial charge >= 0.3 is 0 Å². The number of benzene rings is 1. The lowest BCUT2D eigenvalue weighted by atomic mass is 10.2. The van der Waals surface area contributed by atoms with Crippen molar-refractivity contribution in [3.8, 4) is 0 Å². The monoisotopic (exact) mass is 209 g/mol. The quantitative estimate of drug-likeness (QED) is 0.760. The molecule has 0 saturated heterocycles. The molecule has 0 fully saturated rings. The Bertz CT molecular complexity index is 369. The zero-order chi connectivity index (χ0) is 9.10. The average molecular weight is 210 g/mol. The van der Waals surface area contributed by atoms with Gasteiger partial charge in [-0.25, -0.2) is 4.98 Å². The zero-order valence-corrected chi connectivity index (χ0v) is 8.27. The van der Waals surface area contributed by atoms with E-state index in [2.05, 4.69) is 15.7 Å². The first-order valence-electron chi connectivity index (χ1n) is 3.77. The van der Waals surface area contributed by atoms with E-state index in [1.807, 2.05) is 24.3 Å². The SMILES string of the molecule is Clc1ccc(Cc2n[c]ns2)cc1. The van der Waals surface area contributed by atoms with E-state index in [1.54, 1.807) is 0 Å². The highest BCUT2D eigenvalue weighted by Crippen LogP contribution is 2.13. The predicted octanol–water partition coefficient (Wildman–Crippen LogP) is 2.58. The fourth-order valence-electron chi connectivity index (χ4n) is 1.02. The number of rotatable bonds is 2. The van der Waals surface area contributed by atoms with Gasteiger partial charge in [-0.1, -0.05) is 23.7 Å². The lowest BCUT2D eigenvalue weighted by Gasteiger charge is -1.96. The van der Waals surface area contributed by atoms with Gasteiger partial charge in [0, 0.05) is 11.4 Å². The van der Waals surface area contributed by atoms with E-state index in [4.69, 9.17) is 11.6 Å². The highest BCUT2D eigenvalue weighted by atomic mass is 35.5. The highest BCUT2D eigenvalue weighted by molar-refractivity contribution is 7.05. The largest absolute Gasteiger partial charge is 0.217 e. The molecule has 1 aromatic carbocycles. The fraction of sp³-hybridized carbons (Fsp3) is 0.111. The minimum absolute atomic E-state index is 0.757. The van der Waals surface area contributed by atoms with Gasteiger partial charge in [0.05, 0.1) is 0 Å². The Kier molecular flexibility index (Phi) is 2.57. The molecule has 0 spiro atoms. The normalized spacial score (nSPS) is 10.2. The van der Waals surface area contributed by atoms with Crippen molar-refractivity contribution < 1.29 is 0 Å². The van der Waals surface area contributed by atoms with Gasteiger partial charge in [-0.15, -0.1) is 0 Å². The van der Waals surface area contributed by atoms with Crippen LogP contribution in [0.4, 0.5) is 0 Å². The van der Waals surface area contributed by atoms with Crippen LogP contribution in [0.3, 0.4) is 0 Å². The van der Waals surface area contributed by atoms with Gasteiger partial charge < -0.3 is 0 Å². The summed E-state index contributed by atoms with van der Waals surface area (Å²) in [4.78, 5) is 3.98. The van der Waals surface area contributed by atoms with Crippen molar-refractivity contribution in [2.45, 2.75) is 6.42 Å². The second-order valence-corrected chi connectivity index (χ2v) is 3.86. The summed E-state index contributed by atoms with van der Waals surface area (Å²) in [6.45, 7) is 0. The van der Waals surface area contributed by atoms with Crippen LogP contribution in [0.2, 0.25) is 5.02 Å². The number of aromatic nitrogens is 2. The first kappa shape index (κ1) is 8.66. The molecule has 1 radical (unpaired) electrons. The molecule has 0 aliphatic heterocycles. The van der Waals surface area contributed by atoms with Crippen LogP contribution in [0, 0.1) is 6.33 Å². The topological polar surface area (TPSA) is 25.8 Å². The second-order valence-electron chi connectivity index (χ2n) is 2.59. The van der Waals surface area contributed by atoms with Crippen molar-refractivity contribution in [1.82, 2.24) is 9.36 Å². The summed E-state index contributed by atoms with van der Waals surface area (Å²) in [7, 11) is 0. The molecule has 0 amide bonds. The lowest BCUT2D eigenvalue weighted by molar-refractivity contribution is 1.12. The summed E-state index contributed by atoms with van der Waals surface area (Å²) < 4.78 is 3.82. The van der Waals surface area contributed by atoms with Crippen molar-refractivity contribution in [2.75, 3.05) is 0 Å². The van der Waals surface area contributed by atoms with Gasteiger partial charge in [0.15, 0.2) is 0 Å². The molecule has 1 heterocycles. The molecule has 0 bridgehead atoms. The Morgan fingerprint density at radius 1 is 1.31 bits per heavy atom. The van der Waals surface area contributed by atoms with Crippen LogP contribution in [0.25, 0.3) is 0 Å².